The van der Waals surface area contributed by atoms with E-state index in [2.05, 4.69) is 30.4 Å². The van der Waals surface area contributed by atoms with Crippen molar-refractivity contribution in [2.75, 3.05) is 5.32 Å². The second-order valence-electron chi connectivity index (χ2n) is 4.12. The third kappa shape index (κ3) is 3.00. The number of anilines is 1. The molecule has 0 spiro atoms. The summed E-state index contributed by atoms with van der Waals surface area (Å²) in [5.74, 6) is 1.02. The van der Waals surface area contributed by atoms with Gasteiger partial charge in [-0.15, -0.1) is 0 Å². The molecule has 0 saturated heterocycles. The molecule has 3 heterocycles. The molecule has 0 radical (unpaired) electrons. The molecule has 0 aliphatic carbocycles. The molecule has 0 bridgehead atoms. The number of hydrogen-bond donors (Lipinski definition) is 1. The van der Waals surface area contributed by atoms with Crippen molar-refractivity contribution in [3.8, 4) is 11.4 Å². The lowest BCUT2D eigenvalue weighted by molar-refractivity contribution is -0.385. The Kier molecular flexibility index (Phi) is 3.64. The highest BCUT2D eigenvalue weighted by Gasteiger charge is 2.10. The minimum Gasteiger partial charge on any atom is -0.345 e. The Hall–Kier alpha value is -3.43. The third-order valence-electron chi connectivity index (χ3n) is 2.65. The summed E-state index contributed by atoms with van der Waals surface area (Å²) in [6.07, 6.45) is 5.50. The van der Waals surface area contributed by atoms with Crippen LogP contribution in [0.15, 0.2) is 41.4 Å². The predicted octanol–water partition coefficient (Wildman–Crippen LogP) is 1.44. The molecule has 0 saturated carbocycles. The zero-order chi connectivity index (χ0) is 15.4. The van der Waals surface area contributed by atoms with Crippen molar-refractivity contribution in [3.05, 3.63) is 52.9 Å². The van der Waals surface area contributed by atoms with Crippen molar-refractivity contribution >= 4 is 11.6 Å². The molecule has 0 fully saturated rings. The van der Waals surface area contributed by atoms with Crippen LogP contribution in [-0.2, 0) is 6.54 Å². The molecule has 22 heavy (non-hydrogen) atoms. The van der Waals surface area contributed by atoms with Gasteiger partial charge in [0.05, 0.1) is 11.5 Å². The van der Waals surface area contributed by atoms with E-state index in [1.807, 2.05) is 0 Å². The van der Waals surface area contributed by atoms with Gasteiger partial charge in [0.2, 0.25) is 17.7 Å². The van der Waals surface area contributed by atoms with E-state index >= 15 is 0 Å². The number of rotatable bonds is 5. The molecule has 0 atom stereocenters. The lowest BCUT2D eigenvalue weighted by Crippen LogP contribution is -2.04. The molecule has 3 rings (SSSR count). The molecule has 10 nitrogen and oxygen atoms in total. The summed E-state index contributed by atoms with van der Waals surface area (Å²) in [6.45, 7) is 0.204. The monoisotopic (exact) mass is 299 g/mol. The first-order valence-corrected chi connectivity index (χ1v) is 6.15. The van der Waals surface area contributed by atoms with Crippen LogP contribution in [0.2, 0.25) is 0 Å². The molecule has 1 N–H and O–H groups in total. The molecule has 3 aromatic rings. The Labute approximate surface area is 123 Å². The highest BCUT2D eigenvalue weighted by molar-refractivity contribution is 5.52. The first-order valence-electron chi connectivity index (χ1n) is 6.15. The maximum Gasteiger partial charge on any atom is 0.305 e. The van der Waals surface area contributed by atoms with Gasteiger partial charge in [-0.3, -0.25) is 15.1 Å². The Morgan fingerprint density at radius 2 is 1.95 bits per heavy atom. The Morgan fingerprint density at radius 1 is 1.23 bits per heavy atom. The zero-order valence-electron chi connectivity index (χ0n) is 11.1. The number of nitrogens with zero attached hydrogens (tertiary/aromatic N) is 6. The molecule has 0 amide bonds. The van der Waals surface area contributed by atoms with Crippen LogP contribution in [0.25, 0.3) is 11.4 Å². The topological polar surface area (TPSA) is 133 Å². The highest BCUT2D eigenvalue weighted by atomic mass is 16.6. The highest BCUT2D eigenvalue weighted by Crippen LogP contribution is 2.14. The predicted molar refractivity (Wildman–Crippen MR) is 73.5 cm³/mol. The Bertz CT molecular complexity index is 773. The standard InChI is InChI=1S/C12H9N7O3/c20-19(21)9-5-14-12(15-6-9)16-7-10-17-11(18-22-10)8-1-3-13-4-2-8/h1-6H,7H2,(H,14,15,16). The van der Waals surface area contributed by atoms with Crippen LogP contribution in [0.1, 0.15) is 5.89 Å². The van der Waals surface area contributed by atoms with Crippen molar-refractivity contribution < 1.29 is 9.45 Å². The van der Waals surface area contributed by atoms with Gasteiger partial charge in [0, 0.05) is 18.0 Å². The summed E-state index contributed by atoms with van der Waals surface area (Å²) in [5, 5.41) is 17.2. The second kappa shape index (κ2) is 5.91. The summed E-state index contributed by atoms with van der Waals surface area (Å²) in [6, 6.07) is 3.53. The number of hydrogen-bond acceptors (Lipinski definition) is 9. The van der Waals surface area contributed by atoms with Crippen molar-refractivity contribution in [2.24, 2.45) is 0 Å². The van der Waals surface area contributed by atoms with Crippen LogP contribution in [0.5, 0.6) is 0 Å². The van der Waals surface area contributed by atoms with Gasteiger partial charge in [-0.2, -0.15) is 4.98 Å². The van der Waals surface area contributed by atoms with Crippen molar-refractivity contribution in [1.82, 2.24) is 25.1 Å². The molecular formula is C12H9N7O3. The van der Waals surface area contributed by atoms with E-state index in [-0.39, 0.29) is 18.2 Å². The van der Waals surface area contributed by atoms with Crippen molar-refractivity contribution in [1.29, 1.82) is 0 Å². The summed E-state index contributed by atoms with van der Waals surface area (Å²) < 4.78 is 5.09. The maximum absolute atomic E-state index is 10.5. The van der Waals surface area contributed by atoms with Gasteiger partial charge in [0.1, 0.15) is 12.4 Å². The van der Waals surface area contributed by atoms with Crippen molar-refractivity contribution in [2.45, 2.75) is 6.54 Å². The molecular weight excluding hydrogens is 290 g/mol. The number of pyridine rings is 1. The molecule has 10 heteroatoms. The van der Waals surface area contributed by atoms with E-state index in [1.165, 1.54) is 0 Å². The van der Waals surface area contributed by atoms with Gasteiger partial charge in [0.25, 0.3) is 0 Å². The normalized spacial score (nSPS) is 10.4. The van der Waals surface area contributed by atoms with E-state index in [1.54, 1.807) is 24.5 Å². The summed E-state index contributed by atoms with van der Waals surface area (Å²) in [4.78, 5) is 25.7. The molecule has 0 aliphatic heterocycles. The fourth-order valence-electron chi connectivity index (χ4n) is 1.61. The molecule has 0 aromatic carbocycles. The van der Waals surface area contributed by atoms with E-state index in [0.717, 1.165) is 18.0 Å². The summed E-state index contributed by atoms with van der Waals surface area (Å²) in [5.41, 5.74) is 0.611. The van der Waals surface area contributed by atoms with E-state index in [4.69, 9.17) is 4.52 Å². The zero-order valence-corrected chi connectivity index (χ0v) is 11.1. The fourth-order valence-corrected chi connectivity index (χ4v) is 1.61. The van der Waals surface area contributed by atoms with E-state index in [9.17, 15) is 10.1 Å². The van der Waals surface area contributed by atoms with Crippen LogP contribution in [0.3, 0.4) is 0 Å². The smallest absolute Gasteiger partial charge is 0.305 e. The fraction of sp³-hybridized carbons (Fsp3) is 0.0833. The Balaban J connectivity index is 1.65. The number of nitrogens with one attached hydrogen (secondary N) is 1. The molecule has 0 aliphatic rings. The molecule has 3 aromatic heterocycles. The van der Waals surface area contributed by atoms with Crippen LogP contribution in [0, 0.1) is 10.1 Å². The average Bonchev–Trinajstić information content (AvgIpc) is 3.03. The van der Waals surface area contributed by atoms with Crippen LogP contribution in [-0.4, -0.2) is 30.0 Å². The van der Waals surface area contributed by atoms with E-state index < -0.39 is 4.92 Å². The first kappa shape index (κ1) is 13.5. The minimum atomic E-state index is -0.567. The number of aromatic nitrogens is 5. The van der Waals surface area contributed by atoms with Gasteiger partial charge in [-0.05, 0) is 12.1 Å². The van der Waals surface area contributed by atoms with Gasteiger partial charge < -0.3 is 9.84 Å². The largest absolute Gasteiger partial charge is 0.345 e. The maximum atomic E-state index is 10.5. The van der Waals surface area contributed by atoms with Crippen LogP contribution >= 0.6 is 0 Å². The molecule has 0 unspecified atom stereocenters. The summed E-state index contributed by atoms with van der Waals surface area (Å²) >= 11 is 0. The van der Waals surface area contributed by atoms with Crippen LogP contribution < -0.4 is 5.32 Å². The van der Waals surface area contributed by atoms with Gasteiger partial charge >= 0.3 is 5.69 Å². The average molecular weight is 299 g/mol. The second-order valence-corrected chi connectivity index (χ2v) is 4.12. The SMILES string of the molecule is O=[N+]([O-])c1cnc(NCc2nc(-c3ccncc3)no2)nc1. The third-order valence-corrected chi connectivity index (χ3v) is 2.65. The molecule has 110 valence electrons. The lowest BCUT2D eigenvalue weighted by Gasteiger charge is -1.99. The van der Waals surface area contributed by atoms with Crippen molar-refractivity contribution in [3.63, 3.8) is 0 Å². The first-order chi connectivity index (χ1) is 10.7. The Morgan fingerprint density at radius 3 is 2.64 bits per heavy atom. The number of nitro groups is 1. The lowest BCUT2D eigenvalue weighted by atomic mass is 10.2. The van der Waals surface area contributed by atoms with E-state index in [0.29, 0.717) is 11.7 Å². The summed E-state index contributed by atoms with van der Waals surface area (Å²) in [7, 11) is 0. The minimum absolute atomic E-state index is 0.177. The van der Waals surface area contributed by atoms with Gasteiger partial charge in [0.15, 0.2) is 0 Å². The van der Waals surface area contributed by atoms with Gasteiger partial charge in [-0.1, -0.05) is 5.16 Å². The van der Waals surface area contributed by atoms with Crippen LogP contribution in [0.4, 0.5) is 11.6 Å². The van der Waals surface area contributed by atoms with Gasteiger partial charge in [-0.25, -0.2) is 9.97 Å². The quantitative estimate of drug-likeness (QED) is 0.548.